The normalized spacial score (nSPS) is 23.6. The second-order valence-corrected chi connectivity index (χ2v) is 13.6. The molecule has 1 aromatic rings. The summed E-state index contributed by atoms with van der Waals surface area (Å²) in [6, 6.07) is 1.61. The Labute approximate surface area is 266 Å². The molecule has 5 aliphatic rings. The number of nitriles is 1. The number of carbonyl (C=O) groups excluding carboxylic acids is 1. The number of thiophene rings is 1. The molecule has 0 spiro atoms. The van der Waals surface area contributed by atoms with Gasteiger partial charge in [-0.3, -0.25) is 4.79 Å². The Bertz CT molecular complexity index is 1500. The molecule has 12 heteroatoms. The number of carbonyl (C=O) groups is 1. The van der Waals surface area contributed by atoms with Gasteiger partial charge in [-0.05, 0) is 47.2 Å². The minimum atomic E-state index is -0.399. The lowest BCUT2D eigenvalue weighted by molar-refractivity contribution is -0.128. The fourth-order valence-corrected chi connectivity index (χ4v) is 8.00. The van der Waals surface area contributed by atoms with E-state index in [9.17, 15) is 14.4 Å². The Kier molecular flexibility index (Phi) is 10.1. The summed E-state index contributed by atoms with van der Waals surface area (Å²) in [5.74, 6) is 1.34. The molecule has 236 valence electrons. The van der Waals surface area contributed by atoms with Crippen LogP contribution in [0.4, 0.5) is 9.39 Å². The zero-order valence-electron chi connectivity index (χ0n) is 26.0. The van der Waals surface area contributed by atoms with Crippen LogP contribution in [0.1, 0.15) is 75.4 Å². The second-order valence-electron chi connectivity index (χ2n) is 11.9. The first-order valence-electron chi connectivity index (χ1n) is 15.5. The van der Waals surface area contributed by atoms with Gasteiger partial charge in [0.25, 0.3) is 0 Å². The van der Waals surface area contributed by atoms with Crippen LogP contribution in [-0.4, -0.2) is 67.1 Å². The van der Waals surface area contributed by atoms with Crippen LogP contribution in [0.15, 0.2) is 45.0 Å². The number of nitrogen functional groups attached to an aromatic ring is 1. The van der Waals surface area contributed by atoms with Crippen LogP contribution in [0.5, 0.6) is 0 Å². The third-order valence-corrected chi connectivity index (χ3v) is 10.4. The van der Waals surface area contributed by atoms with Gasteiger partial charge in [-0.1, -0.05) is 27.2 Å². The predicted octanol–water partition coefficient (Wildman–Crippen LogP) is 5.18. The molecule has 4 aliphatic heterocycles. The van der Waals surface area contributed by atoms with E-state index in [0.717, 1.165) is 96.8 Å². The molecule has 5 heterocycles. The van der Waals surface area contributed by atoms with Crippen LogP contribution in [-0.2, 0) is 9.53 Å². The molecule has 0 aromatic carbocycles. The van der Waals surface area contributed by atoms with E-state index < -0.39 is 11.9 Å². The highest BCUT2D eigenvalue weighted by molar-refractivity contribution is 7.22. The number of amides is 1. The van der Waals surface area contributed by atoms with Gasteiger partial charge in [-0.2, -0.15) is 5.26 Å². The third kappa shape index (κ3) is 6.17. The van der Waals surface area contributed by atoms with Crippen molar-refractivity contribution in [2.75, 3.05) is 45.1 Å². The molecule has 4 atom stereocenters. The van der Waals surface area contributed by atoms with E-state index >= 15 is 0 Å². The van der Waals surface area contributed by atoms with Gasteiger partial charge < -0.3 is 30.9 Å². The summed E-state index contributed by atoms with van der Waals surface area (Å²) >= 11 is 1.12. The number of likely N-dealkylation sites (tertiary alicyclic amines) is 1. The maximum absolute atomic E-state index is 14.7. The van der Waals surface area contributed by atoms with Gasteiger partial charge in [0.2, 0.25) is 5.91 Å². The molecule has 0 radical (unpaired) electrons. The number of guanidine groups is 1. The van der Waals surface area contributed by atoms with E-state index in [-0.39, 0.29) is 11.9 Å². The fraction of sp³-hybridized carbons (Fsp3) is 0.531. The van der Waals surface area contributed by atoms with Crippen molar-refractivity contribution in [3.8, 4) is 6.07 Å². The topological polar surface area (TPSA) is 119 Å². The van der Waals surface area contributed by atoms with E-state index in [0.29, 0.717) is 40.1 Å². The number of halogens is 1. The number of hydrogen-bond acceptors (Lipinski definition) is 9. The number of nitrogens with one attached hydrogen (secondary N) is 2. The second kappa shape index (κ2) is 13.8. The predicted molar refractivity (Wildman–Crippen MR) is 178 cm³/mol. The van der Waals surface area contributed by atoms with E-state index in [1.807, 2.05) is 4.90 Å². The number of aliphatic imine (C=N–C) groups is 1. The molecule has 1 aromatic heterocycles. The smallest absolute Gasteiger partial charge is 0.219 e. The van der Waals surface area contributed by atoms with Crippen molar-refractivity contribution in [3.05, 3.63) is 56.0 Å². The highest BCUT2D eigenvalue weighted by atomic mass is 32.1. The molecule has 4 N–H and O–H groups in total. The molecular formula is C32H43FN7O2PS. The lowest BCUT2D eigenvalue weighted by Crippen LogP contribution is -2.42. The van der Waals surface area contributed by atoms with Crippen molar-refractivity contribution in [1.82, 2.24) is 20.4 Å². The van der Waals surface area contributed by atoms with E-state index in [4.69, 9.17) is 15.5 Å². The lowest BCUT2D eigenvalue weighted by Gasteiger charge is -2.36. The number of anilines is 1. The molecule has 1 aliphatic carbocycles. The first kappa shape index (κ1) is 32.2. The Balaban J connectivity index is 0.000000301. The Morgan fingerprint density at radius 2 is 2.07 bits per heavy atom. The Hall–Kier alpha value is -3.19. The van der Waals surface area contributed by atoms with Crippen molar-refractivity contribution < 1.29 is 13.9 Å². The molecule has 0 saturated carbocycles. The molecule has 4 unspecified atom stereocenters. The molecular weight excluding hydrogens is 596 g/mol. The van der Waals surface area contributed by atoms with Gasteiger partial charge in [-0.15, -0.1) is 20.6 Å². The van der Waals surface area contributed by atoms with Crippen molar-refractivity contribution in [2.24, 2.45) is 10.9 Å². The first-order chi connectivity index (χ1) is 21.2. The van der Waals surface area contributed by atoms with Crippen LogP contribution in [0.2, 0.25) is 0 Å². The van der Waals surface area contributed by atoms with Crippen LogP contribution in [0.25, 0.3) is 5.83 Å². The lowest BCUT2D eigenvalue weighted by atomic mass is 9.79. The monoisotopic (exact) mass is 639 g/mol. The molecule has 44 heavy (non-hydrogen) atoms. The van der Waals surface area contributed by atoms with Gasteiger partial charge >= 0.3 is 0 Å². The summed E-state index contributed by atoms with van der Waals surface area (Å²) in [7, 11) is 2.88. The molecule has 1 fully saturated rings. The summed E-state index contributed by atoms with van der Waals surface area (Å²) in [6.07, 6.45) is 7.93. The Morgan fingerprint density at radius 1 is 1.30 bits per heavy atom. The highest BCUT2D eigenvalue weighted by Crippen LogP contribution is 2.51. The molecule has 1 saturated heterocycles. The molecule has 1 amide bonds. The quantitative estimate of drug-likeness (QED) is 0.367. The van der Waals surface area contributed by atoms with Gasteiger partial charge in [0.15, 0.2) is 11.8 Å². The minimum absolute atomic E-state index is 0.180. The van der Waals surface area contributed by atoms with Crippen LogP contribution >= 0.6 is 20.6 Å². The number of ether oxygens (including phenoxy) is 1. The fourth-order valence-electron chi connectivity index (χ4n) is 6.44. The van der Waals surface area contributed by atoms with Crippen molar-refractivity contribution in [1.29, 1.82) is 5.26 Å². The number of nitrogens with two attached hydrogens (primary N) is 1. The maximum Gasteiger partial charge on any atom is 0.219 e. The third-order valence-electron chi connectivity index (χ3n) is 8.74. The number of rotatable bonds is 6. The maximum atomic E-state index is 14.7. The summed E-state index contributed by atoms with van der Waals surface area (Å²) in [5, 5.41) is 17.7. The molecule has 9 nitrogen and oxygen atoms in total. The number of unbranched alkanes of at least 4 members (excludes halogenated alkanes) is 1. The number of fused-ring (bicyclic) bond motifs is 3. The average Bonchev–Trinajstić information content (AvgIpc) is 3.75. The summed E-state index contributed by atoms with van der Waals surface area (Å²) < 4.78 is 20.5. The highest BCUT2D eigenvalue weighted by Gasteiger charge is 2.42. The van der Waals surface area contributed by atoms with Crippen molar-refractivity contribution in [2.45, 2.75) is 65.5 Å². The Morgan fingerprint density at radius 3 is 2.73 bits per heavy atom. The largest absolute Gasteiger partial charge is 0.389 e. The van der Waals surface area contributed by atoms with E-state index in [1.165, 1.54) is 6.20 Å². The van der Waals surface area contributed by atoms with Gasteiger partial charge in [0.1, 0.15) is 17.1 Å². The summed E-state index contributed by atoms with van der Waals surface area (Å²) in [5.41, 5.74) is 11.3. The first-order valence-corrected chi connectivity index (χ1v) is 16.9. The zero-order valence-corrected chi connectivity index (χ0v) is 28.0. The van der Waals surface area contributed by atoms with Gasteiger partial charge in [-0.25, -0.2) is 9.38 Å². The van der Waals surface area contributed by atoms with E-state index in [2.05, 4.69) is 57.8 Å². The van der Waals surface area contributed by atoms with Crippen molar-refractivity contribution in [3.63, 3.8) is 0 Å². The number of hydrogen-bond donors (Lipinski definition) is 3. The average molecular weight is 640 g/mol. The van der Waals surface area contributed by atoms with Crippen LogP contribution in [0.3, 0.4) is 0 Å². The SMILES string of the molecule is CC1CCN(C2=NC3C(=CN2)C2=C(COC2)C(C2NC=C(F)c4sc(N)c(C#N)c42)=C3P)C1.CCCCN(CCC)C(C)=O. The van der Waals surface area contributed by atoms with E-state index in [1.54, 1.807) is 6.92 Å². The van der Waals surface area contributed by atoms with Crippen LogP contribution in [0, 0.1) is 17.2 Å². The summed E-state index contributed by atoms with van der Waals surface area (Å²) in [6.45, 7) is 12.9. The van der Waals surface area contributed by atoms with Crippen molar-refractivity contribution >= 4 is 43.3 Å². The van der Waals surface area contributed by atoms with Gasteiger partial charge in [0, 0.05) is 56.6 Å². The zero-order chi connectivity index (χ0) is 31.5. The standard InChI is InChI=1S/C23H24FN6OPS.C9H19NO/c1-10-2-3-30(7-10)23-28-5-12-13-8-31-9-14(13)16(20(32)18(12)29-23)19-17-11(4-25)22(26)33-21(17)15(24)6-27-19;1-4-6-8-10(7-5-2)9(3)11/h5-6,10,18-19,27H,2-3,7-9,26,32H2,1H3,(H,28,29);4-8H2,1-3H3. The molecule has 0 bridgehead atoms. The molecule has 6 rings (SSSR count). The summed E-state index contributed by atoms with van der Waals surface area (Å²) in [4.78, 5) is 20.7. The van der Waals surface area contributed by atoms with Crippen LogP contribution < -0.4 is 16.4 Å². The number of nitrogens with zero attached hydrogens (tertiary/aromatic N) is 4. The minimum Gasteiger partial charge on any atom is -0.389 e. The van der Waals surface area contributed by atoms with Gasteiger partial charge in [0.05, 0.1) is 29.7 Å².